The van der Waals surface area contributed by atoms with Crippen LogP contribution in [0.1, 0.15) is 42.4 Å². The van der Waals surface area contributed by atoms with Crippen LogP contribution in [0.4, 0.5) is 5.69 Å². The van der Waals surface area contributed by atoms with Crippen molar-refractivity contribution in [1.82, 2.24) is 0 Å². The zero-order chi connectivity index (χ0) is 23.9. The van der Waals surface area contributed by atoms with E-state index in [1.165, 1.54) is 24.7 Å². The Hall–Kier alpha value is -3.73. The third kappa shape index (κ3) is 5.60. The van der Waals surface area contributed by atoms with E-state index in [0.29, 0.717) is 19.4 Å². The minimum absolute atomic E-state index is 0.211. The smallest absolute Gasteiger partial charge is 0.305 e. The van der Waals surface area contributed by atoms with Gasteiger partial charge in [0.2, 0.25) is 0 Å². The molecule has 176 valence electrons. The molecule has 3 aromatic rings. The molecule has 0 unspecified atom stereocenters. The monoisotopic (exact) mass is 457 g/mol. The van der Waals surface area contributed by atoms with Crippen molar-refractivity contribution in [3.8, 4) is 22.6 Å². The third-order valence-corrected chi connectivity index (χ3v) is 6.17. The quantitative estimate of drug-likeness (QED) is 0.306. The van der Waals surface area contributed by atoms with E-state index >= 15 is 0 Å². The zero-order valence-electron chi connectivity index (χ0n) is 19.8. The van der Waals surface area contributed by atoms with Gasteiger partial charge in [-0.2, -0.15) is 0 Å². The summed E-state index contributed by atoms with van der Waals surface area (Å²) in [4.78, 5) is 11.4. The molecule has 1 aliphatic carbocycles. The van der Waals surface area contributed by atoms with Crippen LogP contribution in [-0.4, -0.2) is 20.2 Å². The van der Waals surface area contributed by atoms with Gasteiger partial charge in [-0.3, -0.25) is 4.79 Å². The number of carbonyl (C=O) groups is 1. The van der Waals surface area contributed by atoms with Gasteiger partial charge in [-0.05, 0) is 89.9 Å². The van der Waals surface area contributed by atoms with Crippen molar-refractivity contribution in [3.63, 3.8) is 0 Å². The first kappa shape index (κ1) is 23.4. The number of aryl methyl sites for hydroxylation is 1. The standard InChI is InChI=1S/C29H31NO4/c1-32-23-12-14-28(30)27(18-23)25-13-10-21(17-26(25)22-7-3-4-8-22)19-34-24-9-5-6-20(16-24)11-15-29(31)33-2/h5-7,9-10,12-14,16-18H,3-4,8,11,15,19,30H2,1-2H3. The van der Waals surface area contributed by atoms with E-state index in [-0.39, 0.29) is 5.97 Å². The predicted molar refractivity (Wildman–Crippen MR) is 136 cm³/mol. The molecule has 0 atom stereocenters. The molecule has 0 saturated heterocycles. The normalized spacial score (nSPS) is 12.8. The van der Waals surface area contributed by atoms with Crippen molar-refractivity contribution in [1.29, 1.82) is 0 Å². The highest BCUT2D eigenvalue weighted by molar-refractivity contribution is 5.88. The van der Waals surface area contributed by atoms with Gasteiger partial charge in [0.25, 0.3) is 0 Å². The molecule has 4 rings (SSSR count). The lowest BCUT2D eigenvalue weighted by atomic mass is 9.91. The second-order valence-corrected chi connectivity index (χ2v) is 8.47. The van der Waals surface area contributed by atoms with Crippen LogP contribution in [0.5, 0.6) is 11.5 Å². The summed E-state index contributed by atoms with van der Waals surface area (Å²) in [6.07, 6.45) is 6.63. The van der Waals surface area contributed by atoms with E-state index in [2.05, 4.69) is 24.3 Å². The summed E-state index contributed by atoms with van der Waals surface area (Å²) >= 11 is 0. The summed E-state index contributed by atoms with van der Waals surface area (Å²) in [6.45, 7) is 0.453. The third-order valence-electron chi connectivity index (χ3n) is 6.17. The van der Waals surface area contributed by atoms with Crippen LogP contribution < -0.4 is 15.2 Å². The fraction of sp³-hybridized carbons (Fsp3) is 0.276. The largest absolute Gasteiger partial charge is 0.497 e. The van der Waals surface area contributed by atoms with Gasteiger partial charge in [0.05, 0.1) is 14.2 Å². The van der Waals surface area contributed by atoms with Crippen LogP contribution in [0.25, 0.3) is 16.7 Å². The van der Waals surface area contributed by atoms with Crippen molar-refractivity contribution in [2.45, 2.75) is 38.7 Å². The number of allylic oxidation sites excluding steroid dienone is 2. The van der Waals surface area contributed by atoms with Crippen LogP contribution in [0.15, 0.2) is 66.7 Å². The molecule has 3 aromatic carbocycles. The molecule has 0 bridgehead atoms. The first-order chi connectivity index (χ1) is 16.6. The first-order valence-electron chi connectivity index (χ1n) is 11.6. The van der Waals surface area contributed by atoms with Gasteiger partial charge < -0.3 is 19.9 Å². The molecule has 0 aromatic heterocycles. The lowest BCUT2D eigenvalue weighted by Crippen LogP contribution is -2.02. The van der Waals surface area contributed by atoms with Gasteiger partial charge in [-0.15, -0.1) is 0 Å². The van der Waals surface area contributed by atoms with Crippen LogP contribution in [-0.2, 0) is 22.6 Å². The highest BCUT2D eigenvalue weighted by Gasteiger charge is 2.16. The number of nitrogens with two attached hydrogens (primary N) is 1. The highest BCUT2D eigenvalue weighted by atomic mass is 16.5. The fourth-order valence-electron chi connectivity index (χ4n) is 4.30. The number of esters is 1. The molecule has 5 nitrogen and oxygen atoms in total. The van der Waals surface area contributed by atoms with Gasteiger partial charge in [0.15, 0.2) is 0 Å². The molecule has 0 saturated carbocycles. The van der Waals surface area contributed by atoms with E-state index in [0.717, 1.165) is 52.3 Å². The summed E-state index contributed by atoms with van der Waals surface area (Å²) < 4.78 is 16.3. The molecular weight excluding hydrogens is 426 g/mol. The Labute approximate surface area is 201 Å². The van der Waals surface area contributed by atoms with Crippen LogP contribution in [0.3, 0.4) is 0 Å². The van der Waals surface area contributed by atoms with E-state index in [1.807, 2.05) is 42.5 Å². The van der Waals surface area contributed by atoms with Gasteiger partial charge in [0, 0.05) is 17.7 Å². The van der Waals surface area contributed by atoms with Gasteiger partial charge in [-0.25, -0.2) is 0 Å². The predicted octanol–water partition coefficient (Wildman–Crippen LogP) is 6.20. The highest BCUT2D eigenvalue weighted by Crippen LogP contribution is 2.39. The number of hydrogen-bond acceptors (Lipinski definition) is 5. The molecular formula is C29H31NO4. The zero-order valence-corrected chi connectivity index (χ0v) is 19.8. The number of benzene rings is 3. The number of nitrogen functional groups attached to an aromatic ring is 1. The number of anilines is 1. The Balaban J connectivity index is 1.56. The van der Waals surface area contributed by atoms with Crippen molar-refractivity contribution in [2.75, 3.05) is 20.0 Å². The van der Waals surface area contributed by atoms with E-state index in [9.17, 15) is 4.79 Å². The average molecular weight is 458 g/mol. The first-order valence-corrected chi connectivity index (χ1v) is 11.6. The van der Waals surface area contributed by atoms with Gasteiger partial charge in [-0.1, -0.05) is 30.3 Å². The molecule has 0 radical (unpaired) electrons. The summed E-state index contributed by atoms with van der Waals surface area (Å²) in [5, 5.41) is 0. The Kier molecular flexibility index (Phi) is 7.53. The second-order valence-electron chi connectivity index (χ2n) is 8.47. The molecule has 0 amide bonds. The lowest BCUT2D eigenvalue weighted by molar-refractivity contribution is -0.140. The SMILES string of the molecule is COC(=O)CCc1cccc(OCc2ccc(-c3cc(OC)ccc3N)c(C3=CCCC3)c2)c1. The Bertz CT molecular complexity index is 1200. The minimum Gasteiger partial charge on any atom is -0.497 e. The maximum absolute atomic E-state index is 11.4. The van der Waals surface area contributed by atoms with Crippen LogP contribution in [0.2, 0.25) is 0 Å². The summed E-state index contributed by atoms with van der Waals surface area (Å²) in [5.41, 5.74) is 13.9. The summed E-state index contributed by atoms with van der Waals surface area (Å²) in [6, 6.07) is 20.1. The fourth-order valence-corrected chi connectivity index (χ4v) is 4.30. The summed E-state index contributed by atoms with van der Waals surface area (Å²) in [5.74, 6) is 1.36. The van der Waals surface area contributed by atoms with E-state index < -0.39 is 0 Å². The topological polar surface area (TPSA) is 70.8 Å². The van der Waals surface area contributed by atoms with Crippen molar-refractivity contribution in [2.24, 2.45) is 0 Å². The Morgan fingerprint density at radius 2 is 1.79 bits per heavy atom. The van der Waals surface area contributed by atoms with E-state index in [1.54, 1.807) is 7.11 Å². The van der Waals surface area contributed by atoms with Crippen molar-refractivity contribution < 1.29 is 19.0 Å². The molecule has 0 heterocycles. The molecule has 5 heteroatoms. The van der Waals surface area contributed by atoms with Crippen molar-refractivity contribution in [3.05, 3.63) is 83.4 Å². The lowest BCUT2D eigenvalue weighted by Gasteiger charge is -2.16. The number of hydrogen-bond donors (Lipinski definition) is 1. The van der Waals surface area contributed by atoms with Gasteiger partial charge in [0.1, 0.15) is 18.1 Å². The minimum atomic E-state index is -0.211. The maximum Gasteiger partial charge on any atom is 0.305 e. The number of carbonyl (C=O) groups excluding carboxylic acids is 1. The van der Waals surface area contributed by atoms with Crippen LogP contribution >= 0.6 is 0 Å². The molecule has 2 N–H and O–H groups in total. The molecule has 0 aliphatic heterocycles. The average Bonchev–Trinajstić information content (AvgIpc) is 3.41. The number of rotatable bonds is 9. The molecule has 34 heavy (non-hydrogen) atoms. The maximum atomic E-state index is 11.4. The molecule has 1 aliphatic rings. The number of ether oxygens (including phenoxy) is 3. The Morgan fingerprint density at radius 3 is 2.56 bits per heavy atom. The molecule has 0 spiro atoms. The van der Waals surface area contributed by atoms with E-state index in [4.69, 9.17) is 19.9 Å². The number of methoxy groups -OCH3 is 2. The molecule has 0 fully saturated rings. The summed E-state index contributed by atoms with van der Waals surface area (Å²) in [7, 11) is 3.08. The van der Waals surface area contributed by atoms with Crippen LogP contribution in [0, 0.1) is 0 Å². The van der Waals surface area contributed by atoms with Gasteiger partial charge >= 0.3 is 5.97 Å². The van der Waals surface area contributed by atoms with Crippen molar-refractivity contribution >= 4 is 17.2 Å². The second kappa shape index (κ2) is 10.9. The Morgan fingerprint density at radius 1 is 0.912 bits per heavy atom.